The lowest BCUT2D eigenvalue weighted by Gasteiger charge is -2.34. The van der Waals surface area contributed by atoms with E-state index in [2.05, 4.69) is 37.3 Å². The zero-order valence-corrected chi connectivity index (χ0v) is 15.8. The quantitative estimate of drug-likeness (QED) is 0.915. The number of ether oxygens (including phenoxy) is 1. The highest BCUT2D eigenvalue weighted by Gasteiger charge is 2.29. The minimum Gasteiger partial charge on any atom is -0.488 e. The highest BCUT2D eigenvalue weighted by Crippen LogP contribution is 2.38. The van der Waals surface area contributed by atoms with E-state index in [0.29, 0.717) is 18.4 Å². The van der Waals surface area contributed by atoms with E-state index in [-0.39, 0.29) is 18.5 Å². The van der Waals surface area contributed by atoms with Crippen molar-refractivity contribution in [3.63, 3.8) is 0 Å². The van der Waals surface area contributed by atoms with Gasteiger partial charge in [0, 0.05) is 17.2 Å². The van der Waals surface area contributed by atoms with Crippen molar-refractivity contribution in [3.05, 3.63) is 35.5 Å². The second-order valence-corrected chi connectivity index (χ2v) is 7.91. The lowest BCUT2D eigenvalue weighted by molar-refractivity contribution is -0.123. The van der Waals surface area contributed by atoms with Gasteiger partial charge in [0.15, 0.2) is 0 Å². The van der Waals surface area contributed by atoms with Gasteiger partial charge in [-0.25, -0.2) is 0 Å². The van der Waals surface area contributed by atoms with Crippen molar-refractivity contribution in [2.75, 3.05) is 0 Å². The monoisotopic (exact) mass is 353 g/mol. The molecule has 1 saturated carbocycles. The van der Waals surface area contributed by atoms with Gasteiger partial charge in [-0.05, 0) is 37.3 Å². The molecule has 1 N–H and O–H groups in total. The maximum Gasteiger partial charge on any atom is 0.241 e. The number of nitrogens with zero attached hydrogens (tertiary/aromatic N) is 2. The maximum absolute atomic E-state index is 12.7. The third-order valence-electron chi connectivity index (χ3n) is 6.04. The van der Waals surface area contributed by atoms with Gasteiger partial charge in [-0.15, -0.1) is 0 Å². The summed E-state index contributed by atoms with van der Waals surface area (Å²) in [5, 5.41) is 7.72. The minimum absolute atomic E-state index is 0.0440. The molecule has 1 aliphatic heterocycles. The summed E-state index contributed by atoms with van der Waals surface area (Å²) in [5.41, 5.74) is 4.24. The SMILES string of the molecule is Cc1ccc2c(c1)-c1c(cnn1CC(=O)N[C@@H]1CCC[C@H](C)[C@H]1C)CO2. The highest BCUT2D eigenvalue weighted by atomic mass is 16.5. The summed E-state index contributed by atoms with van der Waals surface area (Å²) in [6.07, 6.45) is 5.34. The molecule has 3 atom stereocenters. The number of amides is 1. The molecule has 26 heavy (non-hydrogen) atoms. The van der Waals surface area contributed by atoms with Gasteiger partial charge in [-0.2, -0.15) is 5.10 Å². The molecule has 2 aromatic rings. The predicted molar refractivity (Wildman–Crippen MR) is 101 cm³/mol. The highest BCUT2D eigenvalue weighted by molar-refractivity contribution is 5.78. The summed E-state index contributed by atoms with van der Waals surface area (Å²) in [6.45, 7) is 7.35. The Morgan fingerprint density at radius 1 is 1.35 bits per heavy atom. The summed E-state index contributed by atoms with van der Waals surface area (Å²) in [5.74, 6) is 2.09. The van der Waals surface area contributed by atoms with Gasteiger partial charge in [0.2, 0.25) is 5.91 Å². The summed E-state index contributed by atoms with van der Waals surface area (Å²) >= 11 is 0. The predicted octanol–water partition coefficient (Wildman–Crippen LogP) is 3.69. The fraction of sp³-hybridized carbons (Fsp3) is 0.524. The van der Waals surface area contributed by atoms with Crippen LogP contribution in [0, 0.1) is 18.8 Å². The Balaban J connectivity index is 1.54. The van der Waals surface area contributed by atoms with Crippen LogP contribution in [0.5, 0.6) is 5.75 Å². The standard InChI is InChI=1S/C21H27N3O2/c1-13-7-8-19-17(9-13)21-16(12-26-19)10-22-24(21)11-20(25)23-18-6-4-5-14(2)15(18)3/h7-10,14-15,18H,4-6,11-12H2,1-3H3,(H,23,25)/t14-,15+,18+/m0/s1. The van der Waals surface area contributed by atoms with Gasteiger partial charge < -0.3 is 10.1 Å². The second kappa shape index (κ2) is 6.78. The number of rotatable bonds is 3. The molecule has 0 radical (unpaired) electrons. The summed E-state index contributed by atoms with van der Waals surface area (Å²) in [7, 11) is 0. The molecule has 1 amide bonds. The lowest BCUT2D eigenvalue weighted by atomic mass is 9.78. The Bertz CT molecular complexity index is 827. The van der Waals surface area contributed by atoms with Crippen LogP contribution in [0.1, 0.15) is 44.2 Å². The first-order valence-corrected chi connectivity index (χ1v) is 9.61. The molecule has 1 aliphatic carbocycles. The number of aryl methyl sites for hydroxylation is 1. The van der Waals surface area contributed by atoms with E-state index < -0.39 is 0 Å². The molecular formula is C21H27N3O2. The van der Waals surface area contributed by atoms with Crippen molar-refractivity contribution in [2.24, 2.45) is 11.8 Å². The van der Waals surface area contributed by atoms with Crippen molar-refractivity contribution >= 4 is 5.91 Å². The van der Waals surface area contributed by atoms with Gasteiger partial charge in [-0.1, -0.05) is 38.3 Å². The van der Waals surface area contributed by atoms with Gasteiger partial charge >= 0.3 is 0 Å². The third kappa shape index (κ3) is 3.11. The van der Waals surface area contributed by atoms with Crippen LogP contribution in [-0.4, -0.2) is 21.7 Å². The lowest BCUT2D eigenvalue weighted by Crippen LogP contribution is -2.45. The second-order valence-electron chi connectivity index (χ2n) is 7.91. The number of hydrogen-bond donors (Lipinski definition) is 1. The van der Waals surface area contributed by atoms with Crippen LogP contribution in [-0.2, 0) is 17.9 Å². The Morgan fingerprint density at radius 2 is 2.19 bits per heavy atom. The minimum atomic E-state index is 0.0440. The van der Waals surface area contributed by atoms with E-state index in [4.69, 9.17) is 4.74 Å². The fourth-order valence-corrected chi connectivity index (χ4v) is 4.25. The van der Waals surface area contributed by atoms with E-state index in [0.717, 1.165) is 29.0 Å². The van der Waals surface area contributed by atoms with Crippen LogP contribution in [0.25, 0.3) is 11.3 Å². The van der Waals surface area contributed by atoms with Crippen molar-refractivity contribution in [3.8, 4) is 17.0 Å². The molecule has 0 spiro atoms. The average Bonchev–Trinajstić information content (AvgIpc) is 3.02. The molecule has 0 unspecified atom stereocenters. The van der Waals surface area contributed by atoms with E-state index in [1.807, 2.05) is 23.0 Å². The molecule has 5 nitrogen and oxygen atoms in total. The fourth-order valence-electron chi connectivity index (χ4n) is 4.25. The Morgan fingerprint density at radius 3 is 3.04 bits per heavy atom. The molecule has 2 aliphatic rings. The Hall–Kier alpha value is -2.30. The molecule has 1 aromatic carbocycles. The first kappa shape index (κ1) is 17.1. The van der Waals surface area contributed by atoms with Crippen LogP contribution >= 0.6 is 0 Å². The topological polar surface area (TPSA) is 56.2 Å². The first-order chi connectivity index (χ1) is 12.5. The van der Waals surface area contributed by atoms with E-state index in [1.165, 1.54) is 18.4 Å². The largest absolute Gasteiger partial charge is 0.488 e. The maximum atomic E-state index is 12.7. The molecule has 2 heterocycles. The summed E-state index contributed by atoms with van der Waals surface area (Å²) in [6, 6.07) is 6.42. The molecule has 4 rings (SSSR count). The molecule has 0 saturated heterocycles. The number of benzene rings is 1. The van der Waals surface area contributed by atoms with Crippen molar-refractivity contribution < 1.29 is 9.53 Å². The van der Waals surface area contributed by atoms with Crippen LogP contribution in [0.15, 0.2) is 24.4 Å². The molecule has 1 fully saturated rings. The van der Waals surface area contributed by atoms with Crippen molar-refractivity contribution in [2.45, 2.75) is 59.2 Å². The number of carbonyl (C=O) groups is 1. The summed E-state index contributed by atoms with van der Waals surface area (Å²) < 4.78 is 7.64. The first-order valence-electron chi connectivity index (χ1n) is 9.61. The normalized spacial score (nSPS) is 24.3. The zero-order valence-electron chi connectivity index (χ0n) is 15.8. The number of nitrogens with one attached hydrogen (secondary N) is 1. The molecule has 5 heteroatoms. The zero-order chi connectivity index (χ0) is 18.3. The van der Waals surface area contributed by atoms with Crippen LogP contribution in [0.4, 0.5) is 0 Å². The summed E-state index contributed by atoms with van der Waals surface area (Å²) in [4.78, 5) is 12.7. The molecule has 0 bridgehead atoms. The number of aromatic nitrogens is 2. The third-order valence-corrected chi connectivity index (χ3v) is 6.04. The Kier molecular flexibility index (Phi) is 4.47. The number of hydrogen-bond acceptors (Lipinski definition) is 3. The van der Waals surface area contributed by atoms with Crippen LogP contribution in [0.3, 0.4) is 0 Å². The average molecular weight is 353 g/mol. The molecule has 1 aromatic heterocycles. The van der Waals surface area contributed by atoms with E-state index in [9.17, 15) is 4.79 Å². The van der Waals surface area contributed by atoms with Gasteiger partial charge in [0.1, 0.15) is 18.9 Å². The Labute approximate surface area is 154 Å². The molecule has 138 valence electrons. The van der Waals surface area contributed by atoms with Gasteiger partial charge in [0.05, 0.1) is 11.9 Å². The van der Waals surface area contributed by atoms with Crippen LogP contribution in [0.2, 0.25) is 0 Å². The molecular weight excluding hydrogens is 326 g/mol. The number of carbonyl (C=O) groups excluding carboxylic acids is 1. The van der Waals surface area contributed by atoms with Gasteiger partial charge in [-0.3, -0.25) is 9.48 Å². The smallest absolute Gasteiger partial charge is 0.241 e. The van der Waals surface area contributed by atoms with Crippen molar-refractivity contribution in [1.29, 1.82) is 0 Å². The van der Waals surface area contributed by atoms with E-state index in [1.54, 1.807) is 0 Å². The van der Waals surface area contributed by atoms with Gasteiger partial charge in [0.25, 0.3) is 0 Å². The number of fused-ring (bicyclic) bond motifs is 3. The van der Waals surface area contributed by atoms with Crippen molar-refractivity contribution in [1.82, 2.24) is 15.1 Å². The van der Waals surface area contributed by atoms with E-state index >= 15 is 0 Å². The van der Waals surface area contributed by atoms with Crippen LogP contribution < -0.4 is 10.1 Å².